The fourth-order valence-corrected chi connectivity index (χ4v) is 4.16. The highest BCUT2D eigenvalue weighted by Crippen LogP contribution is 2.49. The molecule has 0 fully saturated rings. The monoisotopic (exact) mass is 413 g/mol. The molecule has 0 radical (unpaired) electrons. The first-order valence-corrected chi connectivity index (χ1v) is 10.2. The van der Waals surface area contributed by atoms with Gasteiger partial charge in [-0.15, -0.1) is 0 Å². The molecule has 0 saturated carbocycles. The topological polar surface area (TPSA) is 172 Å². The Morgan fingerprint density at radius 2 is 2.04 bits per heavy atom. The van der Waals surface area contributed by atoms with Crippen LogP contribution in [-0.2, 0) is 23.1 Å². The van der Waals surface area contributed by atoms with E-state index in [4.69, 9.17) is 19.5 Å². The minimum atomic E-state index is -3.57. The number of aromatic nitrogens is 4. The molecule has 28 heavy (non-hydrogen) atoms. The maximum atomic E-state index is 12.5. The molecule has 1 aliphatic rings. The van der Waals surface area contributed by atoms with Crippen molar-refractivity contribution in [1.29, 1.82) is 0 Å². The molecule has 2 aromatic rings. The third-order valence-corrected chi connectivity index (χ3v) is 5.73. The molecule has 13 heteroatoms. The van der Waals surface area contributed by atoms with Gasteiger partial charge in [-0.1, -0.05) is 0 Å². The average Bonchev–Trinajstić information content (AvgIpc) is 3.15. The fraction of sp³-hybridized carbons (Fsp3) is 0.467. The highest BCUT2D eigenvalue weighted by molar-refractivity contribution is 7.53. The number of ketones is 1. The van der Waals surface area contributed by atoms with Gasteiger partial charge in [0.15, 0.2) is 23.3 Å². The number of fused-ring (bicyclic) bond motifs is 1. The number of anilines is 1. The van der Waals surface area contributed by atoms with Gasteiger partial charge in [-0.3, -0.25) is 19.1 Å². The van der Waals surface area contributed by atoms with E-state index < -0.39 is 37.1 Å². The van der Waals surface area contributed by atoms with Gasteiger partial charge in [-0.2, -0.15) is 4.98 Å². The molecule has 1 aliphatic carbocycles. The van der Waals surface area contributed by atoms with Crippen LogP contribution in [-0.4, -0.2) is 50.0 Å². The molecular weight excluding hydrogens is 393 g/mol. The molecule has 0 bridgehead atoms. The number of rotatable bonds is 8. The van der Waals surface area contributed by atoms with Crippen LogP contribution in [0.25, 0.3) is 11.2 Å². The summed E-state index contributed by atoms with van der Waals surface area (Å²) in [4.78, 5) is 34.5. The Hall–Kier alpha value is -2.69. The summed E-state index contributed by atoms with van der Waals surface area (Å²) in [5, 5.41) is 10.5. The number of aromatic amines is 1. The van der Waals surface area contributed by atoms with Crippen molar-refractivity contribution in [3.8, 4) is 0 Å². The highest BCUT2D eigenvalue weighted by atomic mass is 31.2. The van der Waals surface area contributed by atoms with Crippen LogP contribution < -0.4 is 11.3 Å². The molecule has 4 N–H and O–H groups in total. The minimum Gasteiger partial charge on any atom is -0.506 e. The number of H-pyrrole nitrogens is 1. The zero-order chi connectivity index (χ0) is 20.5. The third-order valence-electron chi connectivity index (χ3n) is 3.99. The molecule has 0 spiro atoms. The van der Waals surface area contributed by atoms with E-state index in [0.717, 1.165) is 0 Å². The van der Waals surface area contributed by atoms with Crippen molar-refractivity contribution < 1.29 is 28.3 Å². The normalized spacial score (nSPS) is 17.6. The maximum Gasteiger partial charge on any atom is 0.367 e. The first-order chi connectivity index (χ1) is 13.3. The average molecular weight is 413 g/mol. The van der Waals surface area contributed by atoms with E-state index in [2.05, 4.69) is 15.0 Å². The molecule has 2 heterocycles. The van der Waals surface area contributed by atoms with Crippen molar-refractivity contribution in [2.45, 2.75) is 26.3 Å². The van der Waals surface area contributed by atoms with Crippen molar-refractivity contribution in [2.75, 3.05) is 25.3 Å². The molecular formula is C15H20N5O7P. The van der Waals surface area contributed by atoms with Crippen LogP contribution in [0.15, 0.2) is 22.6 Å². The van der Waals surface area contributed by atoms with Crippen LogP contribution >= 0.6 is 7.60 Å². The molecule has 3 rings (SSSR count). The second-order valence-electron chi connectivity index (χ2n) is 5.85. The number of allylic oxidation sites excluding steroid dienone is 2. The molecule has 2 aromatic heterocycles. The van der Waals surface area contributed by atoms with Gasteiger partial charge in [0, 0.05) is 6.42 Å². The van der Waals surface area contributed by atoms with Crippen molar-refractivity contribution in [3.63, 3.8) is 0 Å². The maximum absolute atomic E-state index is 12.5. The summed E-state index contributed by atoms with van der Waals surface area (Å²) in [5.41, 5.74) is 5.15. The smallest absolute Gasteiger partial charge is 0.367 e. The summed E-state index contributed by atoms with van der Waals surface area (Å²) in [6.07, 6.45) is 0.589. The van der Waals surface area contributed by atoms with Gasteiger partial charge in [-0.05, 0) is 13.8 Å². The van der Waals surface area contributed by atoms with Crippen molar-refractivity contribution >= 4 is 30.5 Å². The predicted molar refractivity (Wildman–Crippen MR) is 97.7 cm³/mol. The third kappa shape index (κ3) is 3.66. The van der Waals surface area contributed by atoms with Gasteiger partial charge in [0.2, 0.25) is 17.5 Å². The number of nitrogens with one attached hydrogen (secondary N) is 1. The second kappa shape index (κ2) is 7.74. The lowest BCUT2D eigenvalue weighted by Crippen LogP contribution is -2.14. The predicted octanol–water partition coefficient (Wildman–Crippen LogP) is 1.23. The number of Topliss-reactive ketones (excluding diaryl/α,β-unsaturated/α-hetero) is 1. The first-order valence-electron chi connectivity index (χ1n) is 8.49. The van der Waals surface area contributed by atoms with Crippen LogP contribution in [0.2, 0.25) is 0 Å². The lowest BCUT2D eigenvalue weighted by molar-refractivity contribution is -0.118. The number of ether oxygens (including phenoxy) is 1. The number of aliphatic hydroxyl groups excluding tert-OH is 1. The molecule has 0 aliphatic heterocycles. The van der Waals surface area contributed by atoms with Gasteiger partial charge in [-0.25, -0.2) is 4.98 Å². The standard InChI is InChI=1S/C15H20N5O7P/c1-3-26-28(24,27-4-2)7-25-12-9(21)5-8(11(12)22)20-6-17-10-13(20)18-15(16)19-14(10)23/h6,8,22H,3-5,7H2,1-2H3,(H3,16,18,19,23)/t8-/m0/s1. The number of hydrogen-bond acceptors (Lipinski definition) is 10. The first kappa shape index (κ1) is 20.1. The van der Waals surface area contributed by atoms with Crippen LogP contribution in [0.3, 0.4) is 0 Å². The molecule has 0 aromatic carbocycles. The number of nitrogens with two attached hydrogens (primary N) is 1. The zero-order valence-corrected chi connectivity index (χ0v) is 16.1. The number of imidazole rings is 1. The van der Waals surface area contributed by atoms with Crippen molar-refractivity contribution in [1.82, 2.24) is 19.5 Å². The highest BCUT2D eigenvalue weighted by Gasteiger charge is 2.38. The number of aliphatic hydroxyl groups is 1. The SMILES string of the molecule is CCOP(=O)(COC1=C(O)[C@@H](n2cnc3c(=O)[nH]c(N)nc32)CC1=O)OCC. The van der Waals surface area contributed by atoms with E-state index in [-0.39, 0.29) is 42.5 Å². The molecule has 0 amide bonds. The van der Waals surface area contributed by atoms with E-state index in [1.165, 1.54) is 10.9 Å². The number of hydrogen-bond donors (Lipinski definition) is 3. The summed E-state index contributed by atoms with van der Waals surface area (Å²) in [5.74, 6) is -1.38. The Morgan fingerprint density at radius 3 is 2.68 bits per heavy atom. The van der Waals surface area contributed by atoms with Crippen LogP contribution in [0.5, 0.6) is 0 Å². The molecule has 1 atom stereocenters. The number of carbonyl (C=O) groups is 1. The lowest BCUT2D eigenvalue weighted by Gasteiger charge is -2.17. The quantitative estimate of drug-likeness (QED) is 0.534. The molecule has 0 saturated heterocycles. The Morgan fingerprint density at radius 1 is 1.36 bits per heavy atom. The molecule has 0 unspecified atom stereocenters. The van der Waals surface area contributed by atoms with Gasteiger partial charge in [0.25, 0.3) is 5.56 Å². The Labute approximate surface area is 158 Å². The largest absolute Gasteiger partial charge is 0.506 e. The van der Waals surface area contributed by atoms with Crippen LogP contribution in [0.4, 0.5) is 5.95 Å². The number of carbonyl (C=O) groups excluding carboxylic acids is 1. The molecule has 152 valence electrons. The Bertz CT molecular complexity index is 1030. The van der Waals surface area contributed by atoms with E-state index in [9.17, 15) is 19.3 Å². The Kier molecular flexibility index (Phi) is 5.54. The van der Waals surface area contributed by atoms with Crippen molar-refractivity contribution in [2.24, 2.45) is 0 Å². The fourth-order valence-electron chi connectivity index (χ4n) is 2.86. The van der Waals surface area contributed by atoms with E-state index in [1.54, 1.807) is 13.8 Å². The summed E-state index contributed by atoms with van der Waals surface area (Å²) >= 11 is 0. The van der Waals surface area contributed by atoms with Gasteiger partial charge < -0.3 is 29.2 Å². The van der Waals surface area contributed by atoms with E-state index in [0.29, 0.717) is 0 Å². The van der Waals surface area contributed by atoms with E-state index >= 15 is 0 Å². The van der Waals surface area contributed by atoms with Gasteiger partial charge in [0.05, 0.1) is 19.5 Å². The van der Waals surface area contributed by atoms with Crippen LogP contribution in [0.1, 0.15) is 26.3 Å². The van der Waals surface area contributed by atoms with Crippen molar-refractivity contribution in [3.05, 3.63) is 28.2 Å². The summed E-state index contributed by atoms with van der Waals surface area (Å²) in [6.45, 7) is 3.54. The summed E-state index contributed by atoms with van der Waals surface area (Å²) in [7, 11) is -3.57. The summed E-state index contributed by atoms with van der Waals surface area (Å²) < 4.78 is 29.3. The van der Waals surface area contributed by atoms with Gasteiger partial charge >= 0.3 is 7.60 Å². The zero-order valence-electron chi connectivity index (χ0n) is 15.2. The van der Waals surface area contributed by atoms with E-state index in [1.807, 2.05) is 0 Å². The van der Waals surface area contributed by atoms with Gasteiger partial charge in [0.1, 0.15) is 6.04 Å². The second-order valence-corrected chi connectivity index (χ2v) is 7.85. The lowest BCUT2D eigenvalue weighted by atomic mass is 10.2. The number of nitrogen functional groups attached to an aromatic ring is 1. The molecule has 12 nitrogen and oxygen atoms in total. The van der Waals surface area contributed by atoms with Crippen LogP contribution in [0, 0.1) is 0 Å². The Balaban J connectivity index is 1.90. The minimum absolute atomic E-state index is 0.0148. The number of nitrogens with zero attached hydrogens (tertiary/aromatic N) is 3. The summed E-state index contributed by atoms with van der Waals surface area (Å²) in [6, 6.07) is -0.889.